The Labute approximate surface area is 177 Å². The normalized spacial score (nSPS) is 25.2. The summed E-state index contributed by atoms with van der Waals surface area (Å²) in [6, 6.07) is 0. The second-order valence-corrected chi connectivity index (χ2v) is 10.1. The van der Waals surface area contributed by atoms with Gasteiger partial charge in [0.2, 0.25) is 5.91 Å². The van der Waals surface area contributed by atoms with Gasteiger partial charge in [0.25, 0.3) is 0 Å². The van der Waals surface area contributed by atoms with Crippen LogP contribution in [0.15, 0.2) is 0 Å². The number of thiophene rings is 1. The third-order valence-electron chi connectivity index (χ3n) is 6.61. The lowest BCUT2D eigenvalue weighted by Crippen LogP contribution is -2.33. The van der Waals surface area contributed by atoms with Crippen molar-refractivity contribution in [3.63, 3.8) is 0 Å². The molecule has 0 bridgehead atoms. The van der Waals surface area contributed by atoms with Crippen LogP contribution in [0.5, 0.6) is 0 Å². The van der Waals surface area contributed by atoms with Gasteiger partial charge >= 0.3 is 5.97 Å². The maximum Gasteiger partial charge on any atom is 0.341 e. The summed E-state index contributed by atoms with van der Waals surface area (Å²) in [5, 5.41) is 3.71. The summed E-state index contributed by atoms with van der Waals surface area (Å²) in [5.41, 5.74) is 1.67. The number of ether oxygens (including phenoxy) is 1. The molecule has 1 N–H and O–H groups in total. The van der Waals surface area contributed by atoms with E-state index in [9.17, 15) is 9.59 Å². The first kappa shape index (κ1) is 20.8. The van der Waals surface area contributed by atoms with Gasteiger partial charge in [-0.25, -0.2) is 4.79 Å². The molecule has 7 heteroatoms. The Kier molecular flexibility index (Phi) is 6.56. The quantitative estimate of drug-likeness (QED) is 0.718. The topological polar surface area (TPSA) is 61.9 Å². The number of hydrogen-bond acceptors (Lipinski definition) is 6. The maximum atomic E-state index is 12.8. The molecule has 6 nitrogen and oxygen atoms in total. The van der Waals surface area contributed by atoms with Crippen molar-refractivity contribution >= 4 is 28.2 Å². The van der Waals surface area contributed by atoms with E-state index in [2.05, 4.69) is 22.0 Å². The van der Waals surface area contributed by atoms with Crippen molar-refractivity contribution in [3.05, 3.63) is 16.0 Å². The Balaban J connectivity index is 1.36. The molecular formula is C22H33N3O3S. The SMILES string of the molecule is COC(=O)c1c(NC(=O)CN2CCC(CN3CCCC3)C2)sc2c1CCC(C)C2. The first-order valence-electron chi connectivity index (χ1n) is 11.0. The van der Waals surface area contributed by atoms with Gasteiger partial charge in [-0.3, -0.25) is 9.69 Å². The van der Waals surface area contributed by atoms with Crippen LogP contribution in [0.3, 0.4) is 0 Å². The fraction of sp³-hybridized carbons (Fsp3) is 0.727. The molecule has 3 heterocycles. The second kappa shape index (κ2) is 9.14. The zero-order valence-electron chi connectivity index (χ0n) is 17.7. The summed E-state index contributed by atoms with van der Waals surface area (Å²) in [6.07, 6.45) is 6.76. The second-order valence-electron chi connectivity index (χ2n) is 8.99. The van der Waals surface area contributed by atoms with Crippen molar-refractivity contribution in [2.75, 3.05) is 51.7 Å². The minimum Gasteiger partial charge on any atom is -0.465 e. The highest BCUT2D eigenvalue weighted by Gasteiger charge is 2.30. The van der Waals surface area contributed by atoms with E-state index in [1.165, 1.54) is 50.9 Å². The van der Waals surface area contributed by atoms with E-state index >= 15 is 0 Å². The average molecular weight is 420 g/mol. The van der Waals surface area contributed by atoms with Crippen LogP contribution in [-0.4, -0.2) is 68.1 Å². The molecule has 4 rings (SSSR count). The molecule has 1 aromatic rings. The van der Waals surface area contributed by atoms with Crippen LogP contribution >= 0.6 is 11.3 Å². The molecule has 2 fully saturated rings. The Morgan fingerprint density at radius 2 is 1.97 bits per heavy atom. The fourth-order valence-electron chi connectivity index (χ4n) is 5.06. The highest BCUT2D eigenvalue weighted by Crippen LogP contribution is 2.40. The first-order valence-corrected chi connectivity index (χ1v) is 11.8. The highest BCUT2D eigenvalue weighted by atomic mass is 32.1. The molecule has 0 spiro atoms. The molecule has 0 aromatic carbocycles. The van der Waals surface area contributed by atoms with E-state index in [-0.39, 0.29) is 11.9 Å². The van der Waals surface area contributed by atoms with Gasteiger partial charge in [-0.05, 0) is 75.6 Å². The third-order valence-corrected chi connectivity index (χ3v) is 7.78. The largest absolute Gasteiger partial charge is 0.465 e. The molecule has 2 atom stereocenters. The van der Waals surface area contributed by atoms with Gasteiger partial charge in [-0.1, -0.05) is 6.92 Å². The molecule has 29 heavy (non-hydrogen) atoms. The number of carbonyl (C=O) groups excluding carboxylic acids is 2. The molecule has 1 aromatic heterocycles. The fourth-order valence-corrected chi connectivity index (χ4v) is 6.48. The van der Waals surface area contributed by atoms with Crippen molar-refractivity contribution in [2.45, 2.75) is 45.4 Å². The number of methoxy groups -OCH3 is 1. The molecule has 1 amide bonds. The van der Waals surface area contributed by atoms with Crippen LogP contribution < -0.4 is 5.32 Å². The monoisotopic (exact) mass is 419 g/mol. The Hall–Kier alpha value is -1.44. The summed E-state index contributed by atoms with van der Waals surface area (Å²) in [5.74, 6) is 0.928. The number of nitrogens with one attached hydrogen (secondary N) is 1. The molecule has 160 valence electrons. The molecule has 1 aliphatic carbocycles. The summed E-state index contributed by atoms with van der Waals surface area (Å²) < 4.78 is 5.02. The van der Waals surface area contributed by atoms with E-state index in [4.69, 9.17) is 4.74 Å². The first-order chi connectivity index (χ1) is 14.0. The lowest BCUT2D eigenvalue weighted by atomic mass is 9.88. The maximum absolute atomic E-state index is 12.8. The van der Waals surface area contributed by atoms with Crippen molar-refractivity contribution < 1.29 is 14.3 Å². The van der Waals surface area contributed by atoms with Crippen molar-refractivity contribution in [1.82, 2.24) is 9.80 Å². The van der Waals surface area contributed by atoms with Crippen LogP contribution in [0.1, 0.15) is 53.4 Å². The Bertz CT molecular complexity index is 757. The van der Waals surface area contributed by atoms with Gasteiger partial charge in [0.05, 0.1) is 19.2 Å². The molecule has 2 unspecified atom stereocenters. The summed E-state index contributed by atoms with van der Waals surface area (Å²) in [6.45, 7) is 8.24. The number of likely N-dealkylation sites (tertiary alicyclic amines) is 2. The van der Waals surface area contributed by atoms with Crippen molar-refractivity contribution in [2.24, 2.45) is 11.8 Å². The zero-order chi connectivity index (χ0) is 20.4. The van der Waals surface area contributed by atoms with Crippen LogP contribution in [0.2, 0.25) is 0 Å². The molecule has 2 saturated heterocycles. The molecule has 0 radical (unpaired) electrons. The predicted molar refractivity (Wildman–Crippen MR) is 116 cm³/mol. The minimum atomic E-state index is -0.334. The van der Waals surface area contributed by atoms with E-state index < -0.39 is 0 Å². The van der Waals surface area contributed by atoms with Gasteiger partial charge in [-0.2, -0.15) is 0 Å². The molecule has 3 aliphatic rings. The number of amides is 1. The van der Waals surface area contributed by atoms with Gasteiger partial charge in [0, 0.05) is 18.0 Å². The highest BCUT2D eigenvalue weighted by molar-refractivity contribution is 7.17. The Morgan fingerprint density at radius 1 is 1.17 bits per heavy atom. The minimum absolute atomic E-state index is 0.0244. The van der Waals surface area contributed by atoms with Crippen LogP contribution in [-0.2, 0) is 22.4 Å². The van der Waals surface area contributed by atoms with Crippen molar-refractivity contribution in [1.29, 1.82) is 0 Å². The molecule has 0 saturated carbocycles. The van der Waals surface area contributed by atoms with Gasteiger partial charge in [0.15, 0.2) is 0 Å². The number of anilines is 1. The van der Waals surface area contributed by atoms with E-state index in [0.29, 0.717) is 28.9 Å². The van der Waals surface area contributed by atoms with E-state index in [1.54, 1.807) is 11.3 Å². The van der Waals surface area contributed by atoms with Crippen LogP contribution in [0.25, 0.3) is 0 Å². The van der Waals surface area contributed by atoms with Crippen LogP contribution in [0.4, 0.5) is 5.00 Å². The van der Waals surface area contributed by atoms with E-state index in [0.717, 1.165) is 37.9 Å². The molecular weight excluding hydrogens is 386 g/mol. The summed E-state index contributed by atoms with van der Waals surface area (Å²) in [7, 11) is 1.41. The number of hydrogen-bond donors (Lipinski definition) is 1. The lowest BCUT2D eigenvalue weighted by molar-refractivity contribution is -0.117. The van der Waals surface area contributed by atoms with Crippen molar-refractivity contribution in [3.8, 4) is 0 Å². The van der Waals surface area contributed by atoms with Crippen LogP contribution in [0, 0.1) is 11.8 Å². The number of rotatable bonds is 6. The van der Waals surface area contributed by atoms with E-state index in [1.807, 2.05) is 0 Å². The zero-order valence-corrected chi connectivity index (χ0v) is 18.5. The Morgan fingerprint density at radius 3 is 2.72 bits per heavy atom. The summed E-state index contributed by atoms with van der Waals surface area (Å²) in [4.78, 5) is 31.2. The number of nitrogens with zero attached hydrogens (tertiary/aromatic N) is 2. The summed E-state index contributed by atoms with van der Waals surface area (Å²) >= 11 is 1.56. The number of carbonyl (C=O) groups is 2. The standard InChI is InChI=1S/C22H33N3O3S/c1-15-5-6-17-18(11-15)29-21(20(17)22(27)28-2)23-19(26)14-25-10-7-16(13-25)12-24-8-3-4-9-24/h15-16H,3-14H2,1-2H3,(H,23,26). The van der Waals surface area contributed by atoms with Gasteiger partial charge in [0.1, 0.15) is 5.00 Å². The van der Waals surface area contributed by atoms with Gasteiger partial charge < -0.3 is 15.0 Å². The average Bonchev–Trinajstić information content (AvgIpc) is 3.42. The lowest BCUT2D eigenvalue weighted by Gasteiger charge is -2.20. The molecule has 2 aliphatic heterocycles. The predicted octanol–water partition coefficient (Wildman–Crippen LogP) is 3.02. The smallest absolute Gasteiger partial charge is 0.341 e. The number of fused-ring (bicyclic) bond motifs is 1. The third kappa shape index (κ3) is 4.84. The number of esters is 1. The van der Waals surface area contributed by atoms with Gasteiger partial charge in [-0.15, -0.1) is 11.3 Å².